The van der Waals surface area contributed by atoms with E-state index in [-0.39, 0.29) is 5.91 Å². The summed E-state index contributed by atoms with van der Waals surface area (Å²) in [6.07, 6.45) is 7.59. The third-order valence-electron chi connectivity index (χ3n) is 5.26. The fraction of sp³-hybridized carbons (Fsp3) is 0.364. The molecule has 1 saturated heterocycles. The van der Waals surface area contributed by atoms with E-state index >= 15 is 0 Å². The van der Waals surface area contributed by atoms with Gasteiger partial charge < -0.3 is 9.42 Å². The Balaban J connectivity index is 1.23. The fourth-order valence-corrected chi connectivity index (χ4v) is 3.64. The second-order valence-corrected chi connectivity index (χ2v) is 7.28. The lowest BCUT2D eigenvalue weighted by atomic mass is 10.0. The Bertz CT molecular complexity index is 895. The van der Waals surface area contributed by atoms with Gasteiger partial charge >= 0.3 is 0 Å². The number of pyridine rings is 1. The van der Waals surface area contributed by atoms with Gasteiger partial charge in [0.1, 0.15) is 0 Å². The molecule has 2 aromatic heterocycles. The van der Waals surface area contributed by atoms with E-state index < -0.39 is 0 Å². The fourth-order valence-electron chi connectivity index (χ4n) is 3.64. The van der Waals surface area contributed by atoms with Crippen molar-refractivity contribution in [3.05, 3.63) is 66.2 Å². The summed E-state index contributed by atoms with van der Waals surface area (Å²) in [6.45, 7) is 1.69. The van der Waals surface area contributed by atoms with E-state index in [1.54, 1.807) is 12.4 Å². The van der Waals surface area contributed by atoms with Crippen LogP contribution in [0.25, 0.3) is 11.5 Å². The predicted molar refractivity (Wildman–Crippen MR) is 105 cm³/mol. The summed E-state index contributed by atoms with van der Waals surface area (Å²) in [4.78, 5) is 23.0. The van der Waals surface area contributed by atoms with Crippen LogP contribution in [0.5, 0.6) is 0 Å². The second-order valence-electron chi connectivity index (χ2n) is 7.28. The second kappa shape index (κ2) is 8.78. The van der Waals surface area contributed by atoms with Gasteiger partial charge in [0.15, 0.2) is 5.82 Å². The number of carbonyl (C=O) groups excluding carboxylic acids is 1. The third kappa shape index (κ3) is 4.63. The normalized spacial score (nSPS) is 16.4. The molecule has 1 unspecified atom stereocenters. The number of hydrogen-bond acceptors (Lipinski definition) is 5. The van der Waals surface area contributed by atoms with Gasteiger partial charge in [0.2, 0.25) is 5.91 Å². The summed E-state index contributed by atoms with van der Waals surface area (Å²) < 4.78 is 5.33. The van der Waals surface area contributed by atoms with Crippen LogP contribution in [-0.2, 0) is 17.6 Å². The zero-order chi connectivity index (χ0) is 19.2. The van der Waals surface area contributed by atoms with Gasteiger partial charge in [-0.15, -0.1) is 0 Å². The smallest absolute Gasteiger partial charge is 0.259 e. The van der Waals surface area contributed by atoms with Gasteiger partial charge in [-0.3, -0.25) is 9.78 Å². The SMILES string of the molecule is O=C(CCc1ccccc1)N1CCC(CCc2noc(-c3cccnc3)n2)C1. The Hall–Kier alpha value is -3.02. The summed E-state index contributed by atoms with van der Waals surface area (Å²) in [6, 6.07) is 13.9. The maximum Gasteiger partial charge on any atom is 0.259 e. The molecule has 4 rings (SSSR count). The molecule has 1 aliphatic heterocycles. The van der Waals surface area contributed by atoms with Gasteiger partial charge in [0.25, 0.3) is 5.89 Å². The van der Waals surface area contributed by atoms with Crippen molar-refractivity contribution < 1.29 is 9.32 Å². The molecular formula is C22H24N4O2. The average molecular weight is 376 g/mol. The van der Waals surface area contributed by atoms with Gasteiger partial charge in [0, 0.05) is 38.3 Å². The summed E-state index contributed by atoms with van der Waals surface area (Å²) in [5.74, 6) is 1.98. The molecule has 6 heteroatoms. The van der Waals surface area contributed by atoms with Crippen LogP contribution in [0, 0.1) is 5.92 Å². The minimum atomic E-state index is 0.254. The number of aryl methyl sites for hydroxylation is 2. The van der Waals surface area contributed by atoms with Crippen LogP contribution >= 0.6 is 0 Å². The van der Waals surface area contributed by atoms with Crippen molar-refractivity contribution in [2.75, 3.05) is 13.1 Å². The Kier molecular flexibility index (Phi) is 5.75. The van der Waals surface area contributed by atoms with Gasteiger partial charge in [-0.1, -0.05) is 35.5 Å². The predicted octanol–water partition coefficient (Wildman–Crippen LogP) is 3.55. The van der Waals surface area contributed by atoms with Crippen LogP contribution in [-0.4, -0.2) is 39.0 Å². The van der Waals surface area contributed by atoms with Gasteiger partial charge in [0.05, 0.1) is 5.56 Å². The molecule has 1 atom stereocenters. The molecule has 144 valence electrons. The first-order valence-electron chi connectivity index (χ1n) is 9.82. The van der Waals surface area contributed by atoms with E-state index in [1.165, 1.54) is 5.56 Å². The standard InChI is InChI=1S/C22H24N4O2/c27-21(11-9-17-5-2-1-3-6-17)26-14-12-18(16-26)8-10-20-24-22(28-25-20)19-7-4-13-23-15-19/h1-7,13,15,18H,8-12,14,16H2. The Morgan fingerprint density at radius 3 is 2.86 bits per heavy atom. The highest BCUT2D eigenvalue weighted by Gasteiger charge is 2.26. The van der Waals surface area contributed by atoms with Gasteiger partial charge in [-0.05, 0) is 42.9 Å². The van der Waals surface area contributed by atoms with Crippen LogP contribution < -0.4 is 0 Å². The number of benzene rings is 1. The lowest BCUT2D eigenvalue weighted by Gasteiger charge is -2.16. The minimum Gasteiger partial charge on any atom is -0.342 e. The zero-order valence-corrected chi connectivity index (χ0v) is 15.8. The van der Waals surface area contributed by atoms with E-state index in [2.05, 4.69) is 27.3 Å². The van der Waals surface area contributed by atoms with Gasteiger partial charge in [-0.25, -0.2) is 0 Å². The molecule has 0 saturated carbocycles. The van der Waals surface area contributed by atoms with Crippen molar-refractivity contribution in [3.63, 3.8) is 0 Å². The van der Waals surface area contributed by atoms with Crippen molar-refractivity contribution in [1.82, 2.24) is 20.0 Å². The van der Waals surface area contributed by atoms with Gasteiger partial charge in [-0.2, -0.15) is 4.98 Å². The van der Waals surface area contributed by atoms with Crippen LogP contribution in [0.15, 0.2) is 59.4 Å². The lowest BCUT2D eigenvalue weighted by Crippen LogP contribution is -2.28. The quantitative estimate of drug-likeness (QED) is 0.631. The maximum absolute atomic E-state index is 12.5. The number of likely N-dealkylation sites (tertiary alicyclic amines) is 1. The van der Waals surface area contributed by atoms with Crippen LogP contribution in [0.4, 0.5) is 0 Å². The third-order valence-corrected chi connectivity index (χ3v) is 5.26. The topological polar surface area (TPSA) is 72.1 Å². The first-order valence-corrected chi connectivity index (χ1v) is 9.82. The lowest BCUT2D eigenvalue weighted by molar-refractivity contribution is -0.130. The highest BCUT2D eigenvalue weighted by atomic mass is 16.5. The number of carbonyl (C=O) groups is 1. The van der Waals surface area contributed by atoms with E-state index in [0.717, 1.165) is 44.3 Å². The molecule has 0 aliphatic carbocycles. The number of rotatable bonds is 7. The number of hydrogen-bond donors (Lipinski definition) is 0. The molecule has 3 heterocycles. The maximum atomic E-state index is 12.5. The highest BCUT2D eigenvalue weighted by molar-refractivity contribution is 5.76. The molecule has 1 fully saturated rings. The highest BCUT2D eigenvalue weighted by Crippen LogP contribution is 2.23. The molecule has 1 amide bonds. The van der Waals surface area contributed by atoms with E-state index in [4.69, 9.17) is 4.52 Å². The first kappa shape index (κ1) is 18.3. The molecule has 0 bridgehead atoms. The molecule has 0 radical (unpaired) electrons. The number of nitrogens with zero attached hydrogens (tertiary/aromatic N) is 4. The Labute approximate surface area is 164 Å². The van der Waals surface area contributed by atoms with Crippen molar-refractivity contribution in [3.8, 4) is 11.5 Å². The van der Waals surface area contributed by atoms with Crippen LogP contribution in [0.2, 0.25) is 0 Å². The molecule has 28 heavy (non-hydrogen) atoms. The van der Waals surface area contributed by atoms with Crippen LogP contribution in [0.1, 0.15) is 30.7 Å². The zero-order valence-electron chi connectivity index (χ0n) is 15.8. The molecule has 0 spiro atoms. The monoisotopic (exact) mass is 376 g/mol. The molecular weight excluding hydrogens is 352 g/mol. The van der Waals surface area contributed by atoms with Crippen molar-refractivity contribution in [1.29, 1.82) is 0 Å². The average Bonchev–Trinajstić information content (AvgIpc) is 3.42. The molecule has 3 aromatic rings. The van der Waals surface area contributed by atoms with E-state index in [1.807, 2.05) is 35.2 Å². The molecule has 1 aliphatic rings. The van der Waals surface area contributed by atoms with Crippen molar-refractivity contribution >= 4 is 5.91 Å². The van der Waals surface area contributed by atoms with Crippen molar-refractivity contribution in [2.24, 2.45) is 5.92 Å². The number of aromatic nitrogens is 3. The molecule has 1 aromatic carbocycles. The van der Waals surface area contributed by atoms with E-state index in [0.29, 0.717) is 24.1 Å². The summed E-state index contributed by atoms with van der Waals surface area (Å²) in [7, 11) is 0. The van der Waals surface area contributed by atoms with Crippen molar-refractivity contribution in [2.45, 2.75) is 32.1 Å². The first-order chi connectivity index (χ1) is 13.8. The van der Waals surface area contributed by atoms with E-state index in [9.17, 15) is 4.79 Å². The minimum absolute atomic E-state index is 0.254. The molecule has 6 nitrogen and oxygen atoms in total. The Morgan fingerprint density at radius 1 is 1.14 bits per heavy atom. The Morgan fingerprint density at radius 2 is 2.04 bits per heavy atom. The van der Waals surface area contributed by atoms with Crippen LogP contribution in [0.3, 0.4) is 0 Å². The summed E-state index contributed by atoms with van der Waals surface area (Å²) in [5.41, 5.74) is 2.05. The number of amides is 1. The summed E-state index contributed by atoms with van der Waals surface area (Å²) in [5, 5.41) is 4.08. The largest absolute Gasteiger partial charge is 0.342 e. The summed E-state index contributed by atoms with van der Waals surface area (Å²) >= 11 is 0. The molecule has 0 N–H and O–H groups in total.